The highest BCUT2D eigenvalue weighted by Gasteiger charge is 2.25. The molecule has 3 rings (SSSR count). The summed E-state index contributed by atoms with van der Waals surface area (Å²) in [6.07, 6.45) is 0.977. The smallest absolute Gasteiger partial charge is 0.168 e. The van der Waals surface area contributed by atoms with E-state index < -0.39 is 11.6 Å². The number of nitrogens with zero attached hydrogens (tertiary/aromatic N) is 1. The third-order valence-electron chi connectivity index (χ3n) is 3.64. The van der Waals surface area contributed by atoms with Gasteiger partial charge < -0.3 is 10.6 Å². The Morgan fingerprint density at radius 1 is 1.20 bits per heavy atom. The minimum atomic E-state index is -0.690. The Hall–Kier alpha value is -2.17. The van der Waals surface area contributed by atoms with E-state index in [-0.39, 0.29) is 11.6 Å². The topological polar surface area (TPSA) is 37.0 Å². The quantitative estimate of drug-likeness (QED) is 0.900. The van der Waals surface area contributed by atoms with Crippen LogP contribution in [-0.2, 0) is 6.42 Å². The van der Waals surface area contributed by atoms with Crippen molar-refractivity contribution in [2.24, 2.45) is 0 Å². The van der Waals surface area contributed by atoms with Crippen LogP contribution in [0.1, 0.15) is 17.0 Å². The fourth-order valence-corrected chi connectivity index (χ4v) is 2.53. The van der Waals surface area contributed by atoms with Gasteiger partial charge in [-0.25, -0.2) is 13.8 Å². The first kappa shape index (κ1) is 12.8. The molecule has 1 unspecified atom stereocenters. The van der Waals surface area contributed by atoms with E-state index in [0.29, 0.717) is 12.5 Å². The van der Waals surface area contributed by atoms with Crippen LogP contribution in [0.2, 0.25) is 0 Å². The van der Waals surface area contributed by atoms with Crippen molar-refractivity contribution in [2.45, 2.75) is 12.3 Å². The van der Waals surface area contributed by atoms with Crippen LogP contribution in [-0.4, -0.2) is 18.6 Å². The lowest BCUT2D eigenvalue weighted by Gasteiger charge is -2.30. The van der Waals surface area contributed by atoms with Crippen LogP contribution in [0.4, 0.5) is 20.4 Å². The lowest BCUT2D eigenvalue weighted by molar-refractivity contribution is 0.574. The van der Waals surface area contributed by atoms with E-state index in [1.54, 1.807) is 7.05 Å². The summed E-state index contributed by atoms with van der Waals surface area (Å²) < 4.78 is 27.0. The number of hydrogen-bond donors (Lipinski definition) is 2. The number of hydrogen-bond acceptors (Lipinski definition) is 3. The van der Waals surface area contributed by atoms with Gasteiger partial charge in [-0.05, 0) is 17.5 Å². The molecule has 2 aromatic rings. The van der Waals surface area contributed by atoms with Crippen LogP contribution < -0.4 is 10.6 Å². The molecule has 104 valence electrons. The standard InChI is InChI=1S/C15H15F2N3/c1-18-14-12(16)7-13(17)15(20-14)19-8-10-6-9-4-2-3-5-11(9)10/h2-5,7,10H,6,8H2,1H3,(H2,18,19,20). The SMILES string of the molecule is CNc1nc(NCC2Cc3ccccc32)c(F)cc1F. The monoisotopic (exact) mass is 275 g/mol. The van der Waals surface area contributed by atoms with Crippen molar-refractivity contribution in [1.82, 2.24) is 4.98 Å². The second-order valence-corrected chi connectivity index (χ2v) is 4.88. The van der Waals surface area contributed by atoms with Crippen LogP contribution >= 0.6 is 0 Å². The summed E-state index contributed by atoms with van der Waals surface area (Å²) in [5.74, 6) is -0.878. The van der Waals surface area contributed by atoms with Gasteiger partial charge in [-0.3, -0.25) is 0 Å². The molecule has 0 saturated carbocycles. The molecule has 0 fully saturated rings. The van der Waals surface area contributed by atoms with Crippen molar-refractivity contribution in [3.8, 4) is 0 Å². The van der Waals surface area contributed by atoms with Gasteiger partial charge in [-0.15, -0.1) is 0 Å². The second kappa shape index (κ2) is 5.07. The Morgan fingerprint density at radius 3 is 2.70 bits per heavy atom. The lowest BCUT2D eigenvalue weighted by atomic mass is 9.77. The second-order valence-electron chi connectivity index (χ2n) is 4.88. The van der Waals surface area contributed by atoms with Crippen molar-refractivity contribution >= 4 is 11.6 Å². The van der Waals surface area contributed by atoms with Crippen LogP contribution in [0.5, 0.6) is 0 Å². The first-order valence-electron chi connectivity index (χ1n) is 6.54. The van der Waals surface area contributed by atoms with E-state index in [0.717, 1.165) is 12.5 Å². The highest BCUT2D eigenvalue weighted by Crippen LogP contribution is 2.34. The highest BCUT2D eigenvalue weighted by molar-refractivity contribution is 5.48. The fraction of sp³-hybridized carbons (Fsp3) is 0.267. The lowest BCUT2D eigenvalue weighted by Crippen LogP contribution is -2.25. The van der Waals surface area contributed by atoms with Gasteiger partial charge in [-0.1, -0.05) is 24.3 Å². The van der Waals surface area contributed by atoms with Crippen molar-refractivity contribution in [1.29, 1.82) is 0 Å². The summed E-state index contributed by atoms with van der Waals surface area (Å²) in [6, 6.07) is 9.04. The van der Waals surface area contributed by atoms with E-state index in [9.17, 15) is 8.78 Å². The molecule has 1 aliphatic rings. The summed E-state index contributed by atoms with van der Waals surface area (Å²) in [6.45, 7) is 0.593. The van der Waals surface area contributed by atoms with Crippen molar-refractivity contribution < 1.29 is 8.78 Å². The fourth-order valence-electron chi connectivity index (χ4n) is 2.53. The normalized spacial score (nSPS) is 16.2. The number of pyridine rings is 1. The minimum Gasteiger partial charge on any atom is -0.371 e. The van der Waals surface area contributed by atoms with Crippen molar-refractivity contribution in [2.75, 3.05) is 24.2 Å². The molecule has 1 aromatic heterocycles. The Morgan fingerprint density at radius 2 is 1.95 bits per heavy atom. The Kier molecular flexibility index (Phi) is 3.26. The van der Waals surface area contributed by atoms with Crippen LogP contribution in [0.25, 0.3) is 0 Å². The molecule has 0 saturated heterocycles. The third kappa shape index (κ3) is 2.19. The number of nitrogens with one attached hydrogen (secondary N) is 2. The summed E-state index contributed by atoms with van der Waals surface area (Å²) in [5.41, 5.74) is 2.62. The first-order chi connectivity index (χ1) is 9.69. The predicted octanol–water partition coefficient (Wildman–Crippen LogP) is 3.15. The molecule has 0 spiro atoms. The first-order valence-corrected chi connectivity index (χ1v) is 6.54. The largest absolute Gasteiger partial charge is 0.371 e. The molecule has 3 nitrogen and oxygen atoms in total. The van der Waals surface area contributed by atoms with Gasteiger partial charge in [0.15, 0.2) is 23.3 Å². The van der Waals surface area contributed by atoms with E-state index >= 15 is 0 Å². The average Bonchev–Trinajstić information content (AvgIpc) is 2.42. The molecule has 2 N–H and O–H groups in total. The zero-order chi connectivity index (χ0) is 14.1. The number of anilines is 2. The van der Waals surface area contributed by atoms with Crippen molar-refractivity contribution in [3.05, 3.63) is 53.1 Å². The van der Waals surface area contributed by atoms with E-state index in [1.807, 2.05) is 12.1 Å². The minimum absolute atomic E-state index is 0.0444. The Bertz CT molecular complexity index is 643. The van der Waals surface area contributed by atoms with Gasteiger partial charge in [0.2, 0.25) is 0 Å². The van der Waals surface area contributed by atoms with Gasteiger partial charge in [-0.2, -0.15) is 0 Å². The molecule has 1 aliphatic carbocycles. The molecule has 0 radical (unpaired) electrons. The van der Waals surface area contributed by atoms with E-state index in [4.69, 9.17) is 0 Å². The van der Waals surface area contributed by atoms with Gasteiger partial charge in [0.1, 0.15) is 0 Å². The van der Waals surface area contributed by atoms with E-state index in [1.165, 1.54) is 11.1 Å². The number of rotatable bonds is 4. The van der Waals surface area contributed by atoms with Gasteiger partial charge in [0.25, 0.3) is 0 Å². The van der Waals surface area contributed by atoms with Gasteiger partial charge in [0, 0.05) is 25.6 Å². The van der Waals surface area contributed by atoms with Crippen LogP contribution in [0, 0.1) is 11.6 Å². The molecular formula is C15H15F2N3. The molecule has 1 heterocycles. The van der Waals surface area contributed by atoms with Crippen LogP contribution in [0.3, 0.4) is 0 Å². The molecule has 1 atom stereocenters. The number of aromatic nitrogens is 1. The van der Waals surface area contributed by atoms with Crippen molar-refractivity contribution in [3.63, 3.8) is 0 Å². The maximum absolute atomic E-state index is 13.6. The summed E-state index contributed by atoms with van der Waals surface area (Å²) in [4.78, 5) is 3.90. The molecule has 0 aliphatic heterocycles. The molecular weight excluding hydrogens is 260 g/mol. The average molecular weight is 275 g/mol. The Balaban J connectivity index is 1.71. The number of benzene rings is 1. The maximum Gasteiger partial charge on any atom is 0.168 e. The summed E-state index contributed by atoms with van der Waals surface area (Å²) in [7, 11) is 1.55. The molecule has 20 heavy (non-hydrogen) atoms. The van der Waals surface area contributed by atoms with E-state index in [2.05, 4.69) is 27.8 Å². The number of halogens is 2. The zero-order valence-electron chi connectivity index (χ0n) is 11.1. The summed E-state index contributed by atoms with van der Waals surface area (Å²) in [5, 5.41) is 5.57. The predicted molar refractivity (Wildman–Crippen MR) is 75.1 cm³/mol. The van der Waals surface area contributed by atoms with Crippen LogP contribution in [0.15, 0.2) is 30.3 Å². The third-order valence-corrected chi connectivity index (χ3v) is 3.64. The molecule has 5 heteroatoms. The van der Waals surface area contributed by atoms with Gasteiger partial charge in [0.05, 0.1) is 0 Å². The maximum atomic E-state index is 13.6. The summed E-state index contributed by atoms with van der Waals surface area (Å²) >= 11 is 0. The van der Waals surface area contributed by atoms with Gasteiger partial charge >= 0.3 is 0 Å². The number of fused-ring (bicyclic) bond motifs is 1. The molecule has 1 aromatic carbocycles. The molecule has 0 bridgehead atoms. The Labute approximate surface area is 116 Å². The zero-order valence-corrected chi connectivity index (χ0v) is 11.1. The highest BCUT2D eigenvalue weighted by atomic mass is 19.1. The molecule has 0 amide bonds.